The van der Waals surface area contributed by atoms with E-state index in [2.05, 4.69) is 27.3 Å². The summed E-state index contributed by atoms with van der Waals surface area (Å²) in [6, 6.07) is 0. The second-order valence-corrected chi connectivity index (χ2v) is 5.13. The average molecular weight is 289 g/mol. The summed E-state index contributed by atoms with van der Waals surface area (Å²) >= 11 is 0. The number of hydrogen-bond acceptors (Lipinski definition) is 5. The molecular weight excluding hydrogens is 264 g/mol. The minimum atomic E-state index is 0. The van der Waals surface area contributed by atoms with E-state index >= 15 is 0 Å². The van der Waals surface area contributed by atoms with Gasteiger partial charge in [0.05, 0.1) is 6.54 Å². The highest BCUT2D eigenvalue weighted by Crippen LogP contribution is 2.17. The number of halogens is 1. The summed E-state index contributed by atoms with van der Waals surface area (Å²) in [6.45, 7) is 6.38. The Balaban J connectivity index is 0.00000180. The van der Waals surface area contributed by atoms with Gasteiger partial charge < -0.3 is 9.84 Å². The lowest BCUT2D eigenvalue weighted by atomic mass is 9.97. The largest absolute Gasteiger partial charge is 0.339 e. The Morgan fingerprint density at radius 2 is 2.11 bits per heavy atom. The maximum absolute atomic E-state index is 5.21. The minimum Gasteiger partial charge on any atom is -0.339 e. The molecule has 0 amide bonds. The van der Waals surface area contributed by atoms with Gasteiger partial charge in [0.15, 0.2) is 5.82 Å². The predicted molar refractivity (Wildman–Crippen MR) is 77.5 cm³/mol. The number of rotatable bonds is 6. The Labute approximate surface area is 121 Å². The summed E-state index contributed by atoms with van der Waals surface area (Å²) in [7, 11) is 2.03. The molecule has 1 aromatic heterocycles. The molecule has 1 aliphatic rings. The molecule has 0 radical (unpaired) electrons. The number of aryl methyl sites for hydroxylation is 1. The average Bonchev–Trinajstić information content (AvgIpc) is 2.80. The van der Waals surface area contributed by atoms with E-state index in [1.807, 2.05) is 7.05 Å². The van der Waals surface area contributed by atoms with Gasteiger partial charge in [0.1, 0.15) is 0 Å². The van der Waals surface area contributed by atoms with Crippen molar-refractivity contribution in [3.05, 3.63) is 11.7 Å². The Bertz CT molecular complexity index is 350. The van der Waals surface area contributed by atoms with Gasteiger partial charge in [-0.15, -0.1) is 12.4 Å². The zero-order valence-corrected chi connectivity index (χ0v) is 12.7. The second-order valence-electron chi connectivity index (χ2n) is 5.13. The molecule has 0 saturated carbocycles. The molecule has 0 spiro atoms. The molecule has 1 aromatic rings. The number of nitrogens with one attached hydrogen (secondary N) is 1. The molecule has 0 bridgehead atoms. The fraction of sp³-hybridized carbons (Fsp3) is 0.846. The van der Waals surface area contributed by atoms with Gasteiger partial charge in [0.2, 0.25) is 5.89 Å². The Morgan fingerprint density at radius 1 is 1.37 bits per heavy atom. The molecule has 6 heteroatoms. The van der Waals surface area contributed by atoms with E-state index in [9.17, 15) is 0 Å². The summed E-state index contributed by atoms with van der Waals surface area (Å²) in [6.07, 6.45) is 4.47. The topological polar surface area (TPSA) is 54.2 Å². The maximum Gasteiger partial charge on any atom is 0.226 e. The number of piperidine rings is 1. The van der Waals surface area contributed by atoms with Crippen LogP contribution in [0.1, 0.15) is 37.9 Å². The van der Waals surface area contributed by atoms with Crippen molar-refractivity contribution in [1.29, 1.82) is 0 Å². The molecular formula is C13H25ClN4O. The van der Waals surface area contributed by atoms with Gasteiger partial charge >= 0.3 is 0 Å². The first-order valence-corrected chi connectivity index (χ1v) is 7.00. The first kappa shape index (κ1) is 16.4. The first-order chi connectivity index (χ1) is 8.81. The third kappa shape index (κ3) is 5.09. The van der Waals surface area contributed by atoms with Crippen molar-refractivity contribution in [2.45, 2.75) is 39.2 Å². The predicted octanol–water partition coefficient (Wildman–Crippen LogP) is 1.88. The van der Waals surface area contributed by atoms with E-state index < -0.39 is 0 Å². The quantitative estimate of drug-likeness (QED) is 0.866. The molecule has 1 N–H and O–H groups in total. The van der Waals surface area contributed by atoms with E-state index in [0.717, 1.165) is 56.7 Å². The lowest BCUT2D eigenvalue weighted by Crippen LogP contribution is -2.36. The number of nitrogens with zero attached hydrogens (tertiary/aromatic N) is 3. The van der Waals surface area contributed by atoms with Crippen molar-refractivity contribution in [2.75, 3.05) is 26.7 Å². The van der Waals surface area contributed by atoms with Gasteiger partial charge in [-0.2, -0.15) is 4.98 Å². The van der Waals surface area contributed by atoms with Crippen molar-refractivity contribution in [3.63, 3.8) is 0 Å². The summed E-state index contributed by atoms with van der Waals surface area (Å²) in [4.78, 5) is 6.84. The Morgan fingerprint density at radius 3 is 2.74 bits per heavy atom. The normalized spacial score (nSPS) is 17.4. The van der Waals surface area contributed by atoms with Gasteiger partial charge in [-0.05, 0) is 51.9 Å². The summed E-state index contributed by atoms with van der Waals surface area (Å²) in [5.41, 5.74) is 0. The van der Waals surface area contributed by atoms with Crippen LogP contribution in [-0.2, 0) is 13.0 Å². The highest BCUT2D eigenvalue weighted by Gasteiger charge is 2.20. The van der Waals surface area contributed by atoms with Crippen molar-refractivity contribution in [1.82, 2.24) is 20.4 Å². The Hall–Kier alpha value is -0.650. The van der Waals surface area contributed by atoms with Gasteiger partial charge in [-0.1, -0.05) is 12.1 Å². The summed E-state index contributed by atoms with van der Waals surface area (Å²) in [5, 5.41) is 7.31. The van der Waals surface area contributed by atoms with Crippen molar-refractivity contribution >= 4 is 12.4 Å². The number of aromatic nitrogens is 2. The van der Waals surface area contributed by atoms with Crippen LogP contribution in [0.5, 0.6) is 0 Å². The fourth-order valence-corrected chi connectivity index (χ4v) is 2.51. The summed E-state index contributed by atoms with van der Waals surface area (Å²) < 4.78 is 5.21. The third-order valence-corrected chi connectivity index (χ3v) is 3.54. The number of hydrogen-bond donors (Lipinski definition) is 1. The van der Waals surface area contributed by atoms with Crippen LogP contribution in [0.4, 0.5) is 0 Å². The summed E-state index contributed by atoms with van der Waals surface area (Å²) in [5.74, 6) is 2.44. The lowest BCUT2D eigenvalue weighted by Gasteiger charge is -2.30. The molecule has 0 atom stereocenters. The van der Waals surface area contributed by atoms with Crippen molar-refractivity contribution in [3.8, 4) is 0 Å². The van der Waals surface area contributed by atoms with Gasteiger partial charge in [0, 0.05) is 6.42 Å². The van der Waals surface area contributed by atoms with E-state index in [0.29, 0.717) is 0 Å². The van der Waals surface area contributed by atoms with Crippen LogP contribution in [0.25, 0.3) is 0 Å². The van der Waals surface area contributed by atoms with Crippen molar-refractivity contribution in [2.24, 2.45) is 5.92 Å². The van der Waals surface area contributed by atoms with Gasteiger partial charge in [-0.3, -0.25) is 4.90 Å². The van der Waals surface area contributed by atoms with Crippen LogP contribution < -0.4 is 5.32 Å². The smallest absolute Gasteiger partial charge is 0.226 e. The third-order valence-electron chi connectivity index (χ3n) is 3.54. The van der Waals surface area contributed by atoms with Crippen LogP contribution in [0, 0.1) is 5.92 Å². The molecule has 110 valence electrons. The molecule has 0 aromatic carbocycles. The highest BCUT2D eigenvalue weighted by molar-refractivity contribution is 5.85. The van der Waals surface area contributed by atoms with E-state index in [-0.39, 0.29) is 12.4 Å². The van der Waals surface area contributed by atoms with Crippen LogP contribution in [-0.4, -0.2) is 41.7 Å². The fourth-order valence-electron chi connectivity index (χ4n) is 2.51. The zero-order chi connectivity index (χ0) is 12.8. The van der Waals surface area contributed by atoms with E-state index in [1.54, 1.807) is 0 Å². The van der Waals surface area contributed by atoms with E-state index in [1.165, 1.54) is 12.8 Å². The lowest BCUT2D eigenvalue weighted by molar-refractivity contribution is 0.171. The van der Waals surface area contributed by atoms with Gasteiger partial charge in [0.25, 0.3) is 0 Å². The Kier molecular flexibility index (Phi) is 7.34. The first-order valence-electron chi connectivity index (χ1n) is 7.00. The molecule has 5 nitrogen and oxygen atoms in total. The van der Waals surface area contributed by atoms with Crippen LogP contribution in [0.2, 0.25) is 0 Å². The number of likely N-dealkylation sites (tertiary alicyclic amines) is 1. The SMILES string of the molecule is CCCc1nc(CN2CCC(CNC)CC2)no1.Cl. The molecule has 0 aliphatic carbocycles. The molecule has 2 rings (SSSR count). The van der Waals surface area contributed by atoms with Crippen LogP contribution in [0.15, 0.2) is 4.52 Å². The molecule has 1 aliphatic heterocycles. The standard InChI is InChI=1S/C13H24N4O.ClH/c1-3-4-13-15-12(16-18-13)10-17-7-5-11(6-8-17)9-14-2;/h11,14H,3-10H2,1-2H3;1H. The monoisotopic (exact) mass is 288 g/mol. The molecule has 0 unspecified atom stereocenters. The molecule has 19 heavy (non-hydrogen) atoms. The van der Waals surface area contributed by atoms with Gasteiger partial charge in [-0.25, -0.2) is 0 Å². The molecule has 1 fully saturated rings. The molecule has 2 heterocycles. The van der Waals surface area contributed by atoms with Crippen LogP contribution >= 0.6 is 12.4 Å². The maximum atomic E-state index is 5.21. The molecule has 1 saturated heterocycles. The second kappa shape index (κ2) is 8.51. The van der Waals surface area contributed by atoms with Crippen LogP contribution in [0.3, 0.4) is 0 Å². The zero-order valence-electron chi connectivity index (χ0n) is 11.9. The van der Waals surface area contributed by atoms with Crippen molar-refractivity contribution < 1.29 is 4.52 Å². The van der Waals surface area contributed by atoms with E-state index in [4.69, 9.17) is 4.52 Å². The minimum absolute atomic E-state index is 0. The highest BCUT2D eigenvalue weighted by atomic mass is 35.5.